The molecule has 4 rings (SSSR count). The summed E-state index contributed by atoms with van der Waals surface area (Å²) >= 11 is 0. The highest BCUT2D eigenvalue weighted by molar-refractivity contribution is 5.91. The normalized spacial score (nSPS) is 15.8. The highest BCUT2D eigenvalue weighted by atomic mass is 19.1. The van der Waals surface area contributed by atoms with E-state index in [-0.39, 0.29) is 36.8 Å². The number of ether oxygens (including phenoxy) is 1. The largest absolute Gasteiger partial charge is 0.452 e. The van der Waals surface area contributed by atoms with Crippen molar-refractivity contribution in [3.8, 4) is 0 Å². The molecule has 162 valence electrons. The summed E-state index contributed by atoms with van der Waals surface area (Å²) in [6.45, 7) is 1.07. The van der Waals surface area contributed by atoms with Gasteiger partial charge in [0, 0.05) is 37.7 Å². The van der Waals surface area contributed by atoms with Crippen LogP contribution >= 0.6 is 0 Å². The fourth-order valence-electron chi connectivity index (χ4n) is 3.75. The van der Waals surface area contributed by atoms with Crippen LogP contribution in [-0.2, 0) is 27.4 Å². The summed E-state index contributed by atoms with van der Waals surface area (Å²) in [5, 5.41) is 0. The van der Waals surface area contributed by atoms with Crippen LogP contribution in [-0.4, -0.2) is 46.8 Å². The van der Waals surface area contributed by atoms with Gasteiger partial charge in [-0.3, -0.25) is 9.59 Å². The molecule has 0 aromatic heterocycles. The van der Waals surface area contributed by atoms with Crippen molar-refractivity contribution in [1.29, 1.82) is 0 Å². The number of likely N-dealkylation sites (tertiary alicyclic amines) is 1. The Kier molecular flexibility index (Phi) is 6.30. The van der Waals surface area contributed by atoms with Crippen molar-refractivity contribution in [1.82, 2.24) is 9.80 Å². The van der Waals surface area contributed by atoms with Crippen LogP contribution in [0.15, 0.2) is 48.5 Å². The molecule has 1 saturated carbocycles. The minimum Gasteiger partial charge on any atom is -0.452 e. The first-order chi connectivity index (χ1) is 15.0. The standard InChI is InChI=1S/C24H25FN2O4/c25-21-5-2-1-4-19(21)15-27(20-11-12-20)23(29)16-31-24(30)18-9-7-17(8-10-18)14-26-13-3-6-22(26)28/h1-2,4-5,7-10,20H,3,6,11-16H2. The van der Waals surface area contributed by atoms with E-state index in [1.807, 2.05) is 0 Å². The van der Waals surface area contributed by atoms with E-state index in [4.69, 9.17) is 4.74 Å². The van der Waals surface area contributed by atoms with Crippen LogP contribution in [0.4, 0.5) is 4.39 Å². The van der Waals surface area contributed by atoms with Crippen LogP contribution in [0.1, 0.15) is 47.2 Å². The maximum absolute atomic E-state index is 14.0. The maximum Gasteiger partial charge on any atom is 0.338 e. The second-order valence-electron chi connectivity index (χ2n) is 8.04. The molecule has 0 N–H and O–H groups in total. The molecule has 31 heavy (non-hydrogen) atoms. The predicted octanol–water partition coefficient (Wildman–Crippen LogP) is 3.30. The fraction of sp³-hybridized carbons (Fsp3) is 0.375. The topological polar surface area (TPSA) is 66.9 Å². The number of hydrogen-bond acceptors (Lipinski definition) is 4. The van der Waals surface area contributed by atoms with Gasteiger partial charge < -0.3 is 14.5 Å². The Bertz CT molecular complexity index is 972. The monoisotopic (exact) mass is 424 g/mol. The van der Waals surface area contributed by atoms with Crippen molar-refractivity contribution in [3.05, 3.63) is 71.0 Å². The smallest absolute Gasteiger partial charge is 0.338 e. The first kappa shape index (κ1) is 21.0. The molecule has 0 unspecified atom stereocenters. The van der Waals surface area contributed by atoms with E-state index in [1.54, 1.807) is 52.3 Å². The first-order valence-electron chi connectivity index (χ1n) is 10.6. The van der Waals surface area contributed by atoms with Gasteiger partial charge in [-0.25, -0.2) is 9.18 Å². The highest BCUT2D eigenvalue weighted by Gasteiger charge is 2.33. The second kappa shape index (κ2) is 9.29. The zero-order valence-electron chi connectivity index (χ0n) is 17.3. The van der Waals surface area contributed by atoms with E-state index in [1.165, 1.54) is 6.07 Å². The van der Waals surface area contributed by atoms with E-state index in [9.17, 15) is 18.8 Å². The van der Waals surface area contributed by atoms with Gasteiger partial charge >= 0.3 is 5.97 Å². The van der Waals surface area contributed by atoms with Gasteiger partial charge in [0.2, 0.25) is 5.91 Å². The number of hydrogen-bond donors (Lipinski definition) is 0. The van der Waals surface area contributed by atoms with Crippen LogP contribution in [0.2, 0.25) is 0 Å². The van der Waals surface area contributed by atoms with Crippen LogP contribution in [0.5, 0.6) is 0 Å². The molecule has 7 heteroatoms. The maximum atomic E-state index is 14.0. The molecule has 1 aliphatic carbocycles. The average molecular weight is 424 g/mol. The summed E-state index contributed by atoms with van der Waals surface area (Å²) in [6.07, 6.45) is 3.21. The van der Waals surface area contributed by atoms with Crippen LogP contribution in [0.25, 0.3) is 0 Å². The zero-order chi connectivity index (χ0) is 21.8. The van der Waals surface area contributed by atoms with E-state index >= 15 is 0 Å². The lowest BCUT2D eigenvalue weighted by Gasteiger charge is -2.22. The Balaban J connectivity index is 1.31. The Labute approximate surface area is 180 Å². The van der Waals surface area contributed by atoms with E-state index < -0.39 is 5.97 Å². The predicted molar refractivity (Wildman–Crippen MR) is 111 cm³/mol. The number of nitrogens with zero attached hydrogens (tertiary/aromatic N) is 2. The molecule has 2 aromatic rings. The summed E-state index contributed by atoms with van der Waals surface area (Å²) in [7, 11) is 0. The lowest BCUT2D eigenvalue weighted by molar-refractivity contribution is -0.135. The van der Waals surface area contributed by atoms with Crippen molar-refractivity contribution >= 4 is 17.8 Å². The number of carbonyl (C=O) groups is 3. The molecule has 0 atom stereocenters. The third kappa shape index (κ3) is 5.29. The van der Waals surface area contributed by atoms with Gasteiger partial charge in [0.1, 0.15) is 5.82 Å². The van der Waals surface area contributed by atoms with E-state index in [0.717, 1.165) is 31.4 Å². The van der Waals surface area contributed by atoms with Gasteiger partial charge in [0.15, 0.2) is 6.61 Å². The minimum atomic E-state index is -0.584. The number of benzene rings is 2. The Morgan fingerprint density at radius 1 is 1.10 bits per heavy atom. The molecule has 2 amide bonds. The fourth-order valence-corrected chi connectivity index (χ4v) is 3.75. The number of halogens is 1. The summed E-state index contributed by atoms with van der Waals surface area (Å²) in [5.74, 6) is -1.12. The van der Waals surface area contributed by atoms with Gasteiger partial charge in [0.05, 0.1) is 5.56 Å². The lowest BCUT2D eigenvalue weighted by atomic mass is 10.1. The van der Waals surface area contributed by atoms with Crippen molar-refractivity contribution in [2.45, 2.75) is 44.8 Å². The molecular weight excluding hydrogens is 399 g/mol. The molecule has 6 nitrogen and oxygen atoms in total. The molecule has 0 radical (unpaired) electrons. The molecule has 2 aliphatic rings. The summed E-state index contributed by atoms with van der Waals surface area (Å²) in [5.41, 5.74) is 1.73. The number of amides is 2. The van der Waals surface area contributed by atoms with Crippen molar-refractivity contribution in [2.75, 3.05) is 13.2 Å². The third-order valence-electron chi connectivity index (χ3n) is 5.67. The quantitative estimate of drug-likeness (QED) is 0.610. The van der Waals surface area contributed by atoms with E-state index in [0.29, 0.717) is 24.1 Å². The number of esters is 1. The van der Waals surface area contributed by atoms with Crippen LogP contribution in [0, 0.1) is 5.82 Å². The van der Waals surface area contributed by atoms with Gasteiger partial charge in [0.25, 0.3) is 5.91 Å². The zero-order valence-corrected chi connectivity index (χ0v) is 17.3. The summed E-state index contributed by atoms with van der Waals surface area (Å²) in [6, 6.07) is 13.3. The van der Waals surface area contributed by atoms with Gasteiger partial charge in [-0.15, -0.1) is 0 Å². The molecule has 2 aromatic carbocycles. The average Bonchev–Trinajstić information content (AvgIpc) is 3.54. The van der Waals surface area contributed by atoms with Crippen molar-refractivity contribution in [3.63, 3.8) is 0 Å². The Hall–Kier alpha value is -3.22. The van der Waals surface area contributed by atoms with Crippen LogP contribution < -0.4 is 0 Å². The van der Waals surface area contributed by atoms with E-state index in [2.05, 4.69) is 0 Å². The summed E-state index contributed by atoms with van der Waals surface area (Å²) in [4.78, 5) is 40.1. The minimum absolute atomic E-state index is 0.0680. The number of carbonyl (C=O) groups excluding carboxylic acids is 3. The first-order valence-corrected chi connectivity index (χ1v) is 10.6. The lowest BCUT2D eigenvalue weighted by Crippen LogP contribution is -2.36. The molecule has 1 aliphatic heterocycles. The van der Waals surface area contributed by atoms with Crippen molar-refractivity contribution in [2.24, 2.45) is 0 Å². The van der Waals surface area contributed by atoms with Crippen molar-refractivity contribution < 1.29 is 23.5 Å². The Morgan fingerprint density at radius 2 is 1.84 bits per heavy atom. The molecule has 2 fully saturated rings. The summed E-state index contributed by atoms with van der Waals surface area (Å²) < 4.78 is 19.2. The molecular formula is C24H25FN2O4. The van der Waals surface area contributed by atoms with Gasteiger partial charge in [-0.2, -0.15) is 0 Å². The SMILES string of the molecule is O=C(OCC(=O)N(Cc1ccccc1F)C1CC1)c1ccc(CN2CCCC2=O)cc1. The van der Waals surface area contributed by atoms with Gasteiger partial charge in [-0.05, 0) is 43.0 Å². The highest BCUT2D eigenvalue weighted by Crippen LogP contribution is 2.29. The molecule has 0 bridgehead atoms. The molecule has 0 spiro atoms. The Morgan fingerprint density at radius 3 is 2.48 bits per heavy atom. The van der Waals surface area contributed by atoms with Crippen LogP contribution in [0.3, 0.4) is 0 Å². The second-order valence-corrected chi connectivity index (χ2v) is 8.04. The molecule has 1 heterocycles. The number of rotatable bonds is 8. The molecule has 1 saturated heterocycles. The van der Waals surface area contributed by atoms with Gasteiger partial charge in [-0.1, -0.05) is 30.3 Å². The third-order valence-corrected chi connectivity index (χ3v) is 5.67.